The van der Waals surface area contributed by atoms with Gasteiger partial charge in [0.05, 0.1) is 20.1 Å². The van der Waals surface area contributed by atoms with Crippen LogP contribution in [0.1, 0.15) is 11.5 Å². The van der Waals surface area contributed by atoms with E-state index >= 15 is 0 Å². The summed E-state index contributed by atoms with van der Waals surface area (Å²) in [6.07, 6.45) is 0. The summed E-state index contributed by atoms with van der Waals surface area (Å²) >= 11 is 0. The van der Waals surface area contributed by atoms with Gasteiger partial charge in [-0.2, -0.15) is 0 Å². The molecule has 1 aliphatic heterocycles. The van der Waals surface area contributed by atoms with Crippen molar-refractivity contribution in [1.82, 2.24) is 4.90 Å². The third-order valence-corrected chi connectivity index (χ3v) is 3.66. The number of likely N-dealkylation sites (tertiary alicyclic amines) is 1. The van der Waals surface area contributed by atoms with Crippen LogP contribution in [0.15, 0.2) is 18.2 Å². The zero-order valence-electron chi connectivity index (χ0n) is 11.4. The second-order valence-corrected chi connectivity index (χ2v) is 4.88. The minimum absolute atomic E-state index is 0.0524. The van der Waals surface area contributed by atoms with Gasteiger partial charge >= 0.3 is 5.97 Å². The first-order chi connectivity index (χ1) is 9.06. The van der Waals surface area contributed by atoms with Crippen LogP contribution < -0.4 is 9.47 Å². The van der Waals surface area contributed by atoms with Crippen LogP contribution in [-0.2, 0) is 4.79 Å². The first-order valence-corrected chi connectivity index (χ1v) is 6.20. The van der Waals surface area contributed by atoms with E-state index in [4.69, 9.17) is 9.47 Å². The molecule has 1 N–H and O–H groups in total. The molecule has 0 amide bonds. The lowest BCUT2D eigenvalue weighted by Gasteiger charge is -2.18. The number of nitrogens with zero attached hydrogens (tertiary/aromatic N) is 1. The van der Waals surface area contributed by atoms with E-state index in [1.807, 2.05) is 24.1 Å². The Morgan fingerprint density at radius 3 is 2.63 bits per heavy atom. The molecule has 0 aliphatic carbocycles. The average Bonchev–Trinajstić information content (AvgIpc) is 2.80. The molecule has 1 aromatic carbocycles. The second kappa shape index (κ2) is 5.48. The number of methoxy groups -OCH3 is 2. The van der Waals surface area contributed by atoms with Gasteiger partial charge in [-0.3, -0.25) is 4.79 Å². The average molecular weight is 265 g/mol. The Labute approximate surface area is 112 Å². The van der Waals surface area contributed by atoms with Gasteiger partial charge in [-0.25, -0.2) is 0 Å². The highest BCUT2D eigenvalue weighted by atomic mass is 16.5. The molecule has 1 saturated heterocycles. The van der Waals surface area contributed by atoms with Gasteiger partial charge in [-0.05, 0) is 18.7 Å². The second-order valence-electron chi connectivity index (χ2n) is 4.88. The van der Waals surface area contributed by atoms with Crippen LogP contribution >= 0.6 is 0 Å². The molecule has 0 bridgehead atoms. The van der Waals surface area contributed by atoms with E-state index in [0.717, 1.165) is 12.1 Å². The van der Waals surface area contributed by atoms with E-state index in [0.29, 0.717) is 18.0 Å². The van der Waals surface area contributed by atoms with Crippen LogP contribution in [0.5, 0.6) is 11.5 Å². The zero-order chi connectivity index (χ0) is 14.0. The van der Waals surface area contributed by atoms with Gasteiger partial charge in [-0.15, -0.1) is 0 Å². The van der Waals surface area contributed by atoms with Gasteiger partial charge in [0.1, 0.15) is 11.5 Å². The molecule has 2 rings (SSSR count). The molecule has 1 aromatic rings. The minimum atomic E-state index is -0.757. The van der Waals surface area contributed by atoms with Crippen LogP contribution in [0.2, 0.25) is 0 Å². The molecule has 0 radical (unpaired) electrons. The van der Waals surface area contributed by atoms with Gasteiger partial charge in [0.15, 0.2) is 0 Å². The highest BCUT2D eigenvalue weighted by Crippen LogP contribution is 2.38. The highest BCUT2D eigenvalue weighted by Gasteiger charge is 2.38. The number of hydrogen-bond acceptors (Lipinski definition) is 4. The van der Waals surface area contributed by atoms with Crippen molar-refractivity contribution >= 4 is 5.97 Å². The molecule has 104 valence electrons. The van der Waals surface area contributed by atoms with Gasteiger partial charge in [0, 0.05) is 25.1 Å². The number of benzene rings is 1. The molecular formula is C14H19NO4. The van der Waals surface area contributed by atoms with Crippen LogP contribution in [-0.4, -0.2) is 50.3 Å². The topological polar surface area (TPSA) is 59.0 Å². The van der Waals surface area contributed by atoms with E-state index in [1.54, 1.807) is 20.3 Å². The first-order valence-electron chi connectivity index (χ1n) is 6.20. The van der Waals surface area contributed by atoms with Crippen molar-refractivity contribution in [2.45, 2.75) is 5.92 Å². The van der Waals surface area contributed by atoms with Gasteiger partial charge in [-0.1, -0.05) is 6.07 Å². The van der Waals surface area contributed by atoms with E-state index in [-0.39, 0.29) is 5.92 Å². The number of ether oxygens (including phenoxy) is 2. The van der Waals surface area contributed by atoms with Crippen molar-refractivity contribution in [3.8, 4) is 11.5 Å². The number of carboxylic acid groups (broad SMARTS) is 1. The summed E-state index contributed by atoms with van der Waals surface area (Å²) in [6.45, 7) is 1.29. The summed E-state index contributed by atoms with van der Waals surface area (Å²) in [6, 6.07) is 5.54. The Balaban J connectivity index is 2.37. The first kappa shape index (κ1) is 13.7. The molecule has 1 aliphatic rings. The monoisotopic (exact) mass is 265 g/mol. The summed E-state index contributed by atoms with van der Waals surface area (Å²) in [5.41, 5.74) is 0.931. The van der Waals surface area contributed by atoms with Crippen molar-refractivity contribution in [3.63, 3.8) is 0 Å². The SMILES string of the molecule is COc1ccc([C@@H]2CN(C)C[C@@H]2C(=O)O)c(OC)c1. The van der Waals surface area contributed by atoms with Crippen LogP contribution in [0, 0.1) is 5.92 Å². The van der Waals surface area contributed by atoms with Crippen molar-refractivity contribution in [3.05, 3.63) is 23.8 Å². The van der Waals surface area contributed by atoms with Crippen LogP contribution in [0.3, 0.4) is 0 Å². The molecule has 2 atom stereocenters. The van der Waals surface area contributed by atoms with Crippen molar-refractivity contribution in [2.24, 2.45) is 5.92 Å². The number of aliphatic carboxylic acids is 1. The molecule has 0 saturated carbocycles. The van der Waals surface area contributed by atoms with Gasteiger partial charge < -0.3 is 19.5 Å². The lowest BCUT2D eigenvalue weighted by Crippen LogP contribution is -2.21. The Bertz CT molecular complexity index is 475. The smallest absolute Gasteiger partial charge is 0.308 e. The van der Waals surface area contributed by atoms with Crippen molar-refractivity contribution in [2.75, 3.05) is 34.4 Å². The molecule has 5 nitrogen and oxygen atoms in total. The van der Waals surface area contributed by atoms with Gasteiger partial charge in [0.25, 0.3) is 0 Å². The quantitative estimate of drug-likeness (QED) is 0.892. The van der Waals surface area contributed by atoms with E-state index in [2.05, 4.69) is 0 Å². The van der Waals surface area contributed by atoms with E-state index < -0.39 is 11.9 Å². The Kier molecular flexibility index (Phi) is 3.95. The third kappa shape index (κ3) is 2.66. The summed E-state index contributed by atoms with van der Waals surface area (Å²) in [4.78, 5) is 13.4. The maximum atomic E-state index is 11.4. The normalized spacial score (nSPS) is 23.3. The molecule has 1 fully saturated rings. The number of hydrogen-bond donors (Lipinski definition) is 1. The number of rotatable bonds is 4. The fourth-order valence-electron chi connectivity index (χ4n) is 2.69. The van der Waals surface area contributed by atoms with Crippen LogP contribution in [0.4, 0.5) is 0 Å². The largest absolute Gasteiger partial charge is 0.497 e. The molecule has 0 spiro atoms. The summed E-state index contributed by atoms with van der Waals surface area (Å²) < 4.78 is 10.5. The number of likely N-dealkylation sites (N-methyl/N-ethyl adjacent to an activating group) is 1. The standard InChI is InChI=1S/C14H19NO4/c1-15-7-11(12(8-15)14(16)17)10-5-4-9(18-2)6-13(10)19-3/h4-6,11-12H,7-8H2,1-3H3,(H,16,17)/t11-,12-/m0/s1. The Morgan fingerprint density at radius 1 is 1.32 bits per heavy atom. The Morgan fingerprint density at radius 2 is 2.05 bits per heavy atom. The van der Waals surface area contributed by atoms with Gasteiger partial charge in [0.2, 0.25) is 0 Å². The maximum absolute atomic E-state index is 11.4. The highest BCUT2D eigenvalue weighted by molar-refractivity contribution is 5.72. The minimum Gasteiger partial charge on any atom is -0.497 e. The zero-order valence-corrected chi connectivity index (χ0v) is 11.4. The summed E-state index contributed by atoms with van der Waals surface area (Å²) in [5.74, 6) is 0.188. The molecular weight excluding hydrogens is 246 g/mol. The predicted octanol–water partition coefficient (Wildman–Crippen LogP) is 1.43. The summed E-state index contributed by atoms with van der Waals surface area (Å²) in [7, 11) is 5.12. The fourth-order valence-corrected chi connectivity index (χ4v) is 2.69. The Hall–Kier alpha value is -1.75. The van der Waals surface area contributed by atoms with E-state index in [1.165, 1.54) is 0 Å². The number of carbonyl (C=O) groups is 1. The van der Waals surface area contributed by atoms with Crippen molar-refractivity contribution in [1.29, 1.82) is 0 Å². The van der Waals surface area contributed by atoms with E-state index in [9.17, 15) is 9.90 Å². The lowest BCUT2D eigenvalue weighted by atomic mass is 9.88. The predicted molar refractivity (Wildman–Crippen MR) is 70.9 cm³/mol. The number of carboxylic acids is 1. The lowest BCUT2D eigenvalue weighted by molar-refractivity contribution is -0.141. The summed E-state index contributed by atoms with van der Waals surface area (Å²) in [5, 5.41) is 9.33. The molecule has 5 heteroatoms. The maximum Gasteiger partial charge on any atom is 0.308 e. The molecule has 1 heterocycles. The molecule has 0 aromatic heterocycles. The van der Waals surface area contributed by atoms with Crippen LogP contribution in [0.25, 0.3) is 0 Å². The molecule has 19 heavy (non-hydrogen) atoms. The third-order valence-electron chi connectivity index (χ3n) is 3.66. The van der Waals surface area contributed by atoms with Crippen molar-refractivity contribution < 1.29 is 19.4 Å². The fraction of sp³-hybridized carbons (Fsp3) is 0.500. The molecule has 0 unspecified atom stereocenters.